The highest BCUT2D eigenvalue weighted by Crippen LogP contribution is 2.34. The van der Waals surface area contributed by atoms with Crippen LogP contribution < -0.4 is 5.32 Å². The molecule has 1 N–H and O–H groups in total. The number of benzene rings is 2. The zero-order valence-corrected chi connectivity index (χ0v) is 17.6. The molecule has 0 spiro atoms. The number of nitrogens with one attached hydrogen (secondary N) is 1. The number of piperidine rings is 1. The molecule has 6 nitrogen and oxygen atoms in total. The average Bonchev–Trinajstić information content (AvgIpc) is 3.29. The molecule has 0 bridgehead atoms. The summed E-state index contributed by atoms with van der Waals surface area (Å²) in [6, 6.07) is 19.2. The second kappa shape index (κ2) is 8.98. The number of halogens is 1. The summed E-state index contributed by atoms with van der Waals surface area (Å²) >= 11 is 0. The molecule has 30 heavy (non-hydrogen) atoms. The van der Waals surface area contributed by atoms with Gasteiger partial charge in [-0.15, -0.1) is 17.5 Å². The normalized spacial score (nSPS) is 19.1. The molecule has 0 radical (unpaired) electrons. The molecule has 3 heterocycles. The summed E-state index contributed by atoms with van der Waals surface area (Å²) in [5, 5.41) is 11.8. The largest absolute Gasteiger partial charge is 0.332 e. The molecule has 2 aromatic carbocycles. The molecule has 5 rings (SSSR count). The molecule has 1 aromatic heterocycles. The number of carbonyl (C=O) groups excluding carboxylic acids is 1. The maximum Gasteiger partial charge on any atom is 0.276 e. The molecular formula is C23H26ClN5O. The van der Waals surface area contributed by atoms with Crippen molar-refractivity contribution in [3.8, 4) is 0 Å². The Morgan fingerprint density at radius 2 is 1.73 bits per heavy atom. The van der Waals surface area contributed by atoms with Gasteiger partial charge in [0, 0.05) is 19.0 Å². The molecule has 1 atom stereocenters. The lowest BCUT2D eigenvalue weighted by atomic mass is 9.84. The van der Waals surface area contributed by atoms with Crippen LogP contribution in [0.1, 0.15) is 52.0 Å². The van der Waals surface area contributed by atoms with Crippen molar-refractivity contribution < 1.29 is 4.79 Å². The highest BCUT2D eigenvalue weighted by Gasteiger charge is 2.31. The van der Waals surface area contributed by atoms with E-state index in [9.17, 15) is 4.79 Å². The van der Waals surface area contributed by atoms with Crippen molar-refractivity contribution in [3.63, 3.8) is 0 Å². The minimum Gasteiger partial charge on any atom is -0.332 e. The van der Waals surface area contributed by atoms with Gasteiger partial charge >= 0.3 is 0 Å². The third kappa shape index (κ3) is 3.98. The molecule has 3 aromatic rings. The van der Waals surface area contributed by atoms with Gasteiger partial charge in [-0.05, 0) is 42.6 Å². The predicted molar refractivity (Wildman–Crippen MR) is 118 cm³/mol. The summed E-state index contributed by atoms with van der Waals surface area (Å²) in [5.74, 6) is 0.130. The van der Waals surface area contributed by atoms with Crippen LogP contribution in [0.15, 0.2) is 60.8 Å². The van der Waals surface area contributed by atoms with Crippen molar-refractivity contribution in [2.75, 3.05) is 19.6 Å². The molecule has 0 saturated carbocycles. The Hall–Kier alpha value is -2.70. The fourth-order valence-electron chi connectivity index (χ4n) is 4.52. The second-order valence-corrected chi connectivity index (χ2v) is 7.91. The Morgan fingerprint density at radius 1 is 1.00 bits per heavy atom. The number of fused-ring (bicyclic) bond motifs is 1. The van der Waals surface area contributed by atoms with Crippen molar-refractivity contribution in [1.29, 1.82) is 0 Å². The number of amides is 1. The minimum absolute atomic E-state index is 0. The summed E-state index contributed by atoms with van der Waals surface area (Å²) in [6.45, 7) is 3.23. The third-order valence-corrected chi connectivity index (χ3v) is 6.10. The van der Waals surface area contributed by atoms with Crippen molar-refractivity contribution in [1.82, 2.24) is 25.2 Å². The van der Waals surface area contributed by atoms with Crippen LogP contribution in [0.5, 0.6) is 0 Å². The van der Waals surface area contributed by atoms with Crippen LogP contribution in [0.25, 0.3) is 0 Å². The standard InChI is InChI=1S/C23H25N5O.ClH/c29-23(22-16-28(26-25-22)19-10-12-24-13-11-19)27-14-18-8-4-5-9-20(18)21(15-27)17-6-2-1-3-7-17;/h1-9,16,19,21,24H,10-15H2;1H. The van der Waals surface area contributed by atoms with E-state index in [1.165, 1.54) is 16.7 Å². The van der Waals surface area contributed by atoms with Crippen LogP contribution in [0, 0.1) is 0 Å². The Labute approximate surface area is 182 Å². The number of nitrogens with zero attached hydrogens (tertiary/aromatic N) is 4. The third-order valence-electron chi connectivity index (χ3n) is 6.10. The van der Waals surface area contributed by atoms with Crippen LogP contribution in [-0.2, 0) is 6.54 Å². The van der Waals surface area contributed by atoms with Crippen LogP contribution in [0.3, 0.4) is 0 Å². The van der Waals surface area contributed by atoms with Gasteiger partial charge in [-0.25, -0.2) is 4.68 Å². The Kier molecular flexibility index (Phi) is 6.16. The van der Waals surface area contributed by atoms with Gasteiger partial charge in [0.05, 0.1) is 12.2 Å². The van der Waals surface area contributed by atoms with Gasteiger partial charge in [-0.3, -0.25) is 4.79 Å². The highest BCUT2D eigenvalue weighted by molar-refractivity contribution is 5.92. The second-order valence-electron chi connectivity index (χ2n) is 7.91. The maximum atomic E-state index is 13.3. The zero-order valence-electron chi connectivity index (χ0n) is 16.8. The van der Waals surface area contributed by atoms with E-state index in [0.717, 1.165) is 25.9 Å². The van der Waals surface area contributed by atoms with Gasteiger partial charge in [0.1, 0.15) is 0 Å². The smallest absolute Gasteiger partial charge is 0.276 e. The summed E-state index contributed by atoms with van der Waals surface area (Å²) in [6.07, 6.45) is 3.87. The Bertz CT molecular complexity index is 1000. The monoisotopic (exact) mass is 423 g/mol. The van der Waals surface area contributed by atoms with E-state index >= 15 is 0 Å². The van der Waals surface area contributed by atoms with E-state index in [2.05, 4.69) is 58.1 Å². The van der Waals surface area contributed by atoms with Gasteiger partial charge in [-0.1, -0.05) is 59.8 Å². The first kappa shape index (κ1) is 20.6. The van der Waals surface area contributed by atoms with E-state index in [4.69, 9.17) is 0 Å². The van der Waals surface area contributed by atoms with Crippen molar-refractivity contribution in [2.24, 2.45) is 0 Å². The summed E-state index contributed by atoms with van der Waals surface area (Å²) in [7, 11) is 0. The fraction of sp³-hybridized carbons (Fsp3) is 0.348. The highest BCUT2D eigenvalue weighted by atomic mass is 35.5. The Balaban J connectivity index is 0.00000218. The van der Waals surface area contributed by atoms with E-state index < -0.39 is 0 Å². The van der Waals surface area contributed by atoms with Crippen LogP contribution >= 0.6 is 12.4 Å². The number of aromatic nitrogens is 3. The van der Waals surface area contributed by atoms with E-state index in [1.54, 1.807) is 0 Å². The predicted octanol–water partition coefficient (Wildman–Crippen LogP) is 3.41. The lowest BCUT2D eigenvalue weighted by Crippen LogP contribution is -2.38. The van der Waals surface area contributed by atoms with Crippen LogP contribution in [0.2, 0.25) is 0 Å². The number of hydrogen-bond donors (Lipinski definition) is 1. The number of carbonyl (C=O) groups is 1. The first-order valence-corrected chi connectivity index (χ1v) is 10.3. The molecule has 1 amide bonds. The van der Waals surface area contributed by atoms with E-state index in [0.29, 0.717) is 24.8 Å². The van der Waals surface area contributed by atoms with Gasteiger partial charge in [-0.2, -0.15) is 0 Å². The molecule has 1 fully saturated rings. The van der Waals surface area contributed by atoms with Gasteiger partial charge < -0.3 is 10.2 Å². The number of rotatable bonds is 3. The number of hydrogen-bond acceptors (Lipinski definition) is 4. The fourth-order valence-corrected chi connectivity index (χ4v) is 4.52. The topological polar surface area (TPSA) is 63.1 Å². The summed E-state index contributed by atoms with van der Waals surface area (Å²) < 4.78 is 1.88. The molecule has 2 aliphatic heterocycles. The first-order chi connectivity index (χ1) is 14.3. The molecular weight excluding hydrogens is 398 g/mol. The van der Waals surface area contributed by atoms with Crippen molar-refractivity contribution in [2.45, 2.75) is 31.3 Å². The van der Waals surface area contributed by atoms with Gasteiger partial charge in [0.25, 0.3) is 5.91 Å². The van der Waals surface area contributed by atoms with Crippen LogP contribution in [0.4, 0.5) is 0 Å². The SMILES string of the molecule is Cl.O=C(c1cn(C2CCNCC2)nn1)N1Cc2ccccc2C(c2ccccc2)C1. The molecule has 156 valence electrons. The quantitative estimate of drug-likeness (QED) is 0.701. The average molecular weight is 424 g/mol. The van der Waals surface area contributed by atoms with E-state index in [1.807, 2.05) is 27.9 Å². The zero-order chi connectivity index (χ0) is 19.6. The van der Waals surface area contributed by atoms with E-state index in [-0.39, 0.29) is 24.2 Å². The minimum atomic E-state index is -0.0411. The molecule has 1 saturated heterocycles. The first-order valence-electron chi connectivity index (χ1n) is 10.3. The molecule has 1 unspecified atom stereocenters. The lowest BCUT2D eigenvalue weighted by molar-refractivity contribution is 0.0719. The van der Waals surface area contributed by atoms with Gasteiger partial charge in [0.15, 0.2) is 5.69 Å². The van der Waals surface area contributed by atoms with Crippen LogP contribution in [-0.4, -0.2) is 45.4 Å². The maximum absolute atomic E-state index is 13.3. The van der Waals surface area contributed by atoms with Gasteiger partial charge in [0.2, 0.25) is 0 Å². The summed E-state index contributed by atoms with van der Waals surface area (Å²) in [5.41, 5.74) is 4.18. The molecule has 2 aliphatic rings. The van der Waals surface area contributed by atoms with Crippen molar-refractivity contribution in [3.05, 3.63) is 83.2 Å². The van der Waals surface area contributed by atoms with Crippen molar-refractivity contribution >= 4 is 18.3 Å². The molecule has 0 aliphatic carbocycles. The Morgan fingerprint density at radius 3 is 2.53 bits per heavy atom. The lowest BCUT2D eigenvalue weighted by Gasteiger charge is -2.34. The molecule has 7 heteroatoms. The summed E-state index contributed by atoms with van der Waals surface area (Å²) in [4.78, 5) is 15.2.